The Hall–Kier alpha value is -0.770. The average Bonchev–Trinajstić information content (AvgIpc) is 2.92. The molecule has 0 radical (unpaired) electrons. The third kappa shape index (κ3) is 2.62. The molecule has 25 heavy (non-hydrogen) atoms. The largest absolute Gasteiger partial charge is 0.453 e. The molecule has 0 aliphatic heterocycles. The Kier molecular flexibility index (Phi) is 4.33. The SMILES string of the molecule is COC(=O)N[C@@H]1CC[C@@H]2[C@H]3CC[C@H]4C[C@@H](O)CC[C@]4(C)[C@@H]3CC[C@@]21C. The van der Waals surface area contributed by atoms with Crippen molar-refractivity contribution < 1.29 is 14.6 Å². The predicted octanol–water partition coefficient (Wildman–Crippen LogP) is 4.11. The zero-order valence-electron chi connectivity index (χ0n) is 16.1. The summed E-state index contributed by atoms with van der Waals surface area (Å²) in [5.74, 6) is 3.07. The van der Waals surface area contributed by atoms with Crippen molar-refractivity contribution in [3.05, 3.63) is 0 Å². The van der Waals surface area contributed by atoms with Crippen LogP contribution < -0.4 is 5.32 Å². The van der Waals surface area contributed by atoms with Gasteiger partial charge in [-0.15, -0.1) is 0 Å². The van der Waals surface area contributed by atoms with Crippen molar-refractivity contribution in [3.63, 3.8) is 0 Å². The number of amides is 1. The van der Waals surface area contributed by atoms with Gasteiger partial charge >= 0.3 is 6.09 Å². The number of ether oxygens (including phenoxy) is 1. The minimum absolute atomic E-state index is 0.0661. The van der Waals surface area contributed by atoms with E-state index in [2.05, 4.69) is 19.2 Å². The molecule has 4 aliphatic rings. The maximum atomic E-state index is 11.8. The number of hydrogen-bond acceptors (Lipinski definition) is 3. The van der Waals surface area contributed by atoms with Gasteiger partial charge in [0.2, 0.25) is 0 Å². The van der Waals surface area contributed by atoms with Gasteiger partial charge in [0.05, 0.1) is 13.2 Å². The fourth-order valence-electron chi connectivity index (χ4n) is 7.67. The van der Waals surface area contributed by atoms with Crippen LogP contribution in [0.15, 0.2) is 0 Å². The van der Waals surface area contributed by atoms with E-state index < -0.39 is 0 Å². The van der Waals surface area contributed by atoms with Gasteiger partial charge in [0, 0.05) is 6.04 Å². The van der Waals surface area contributed by atoms with Gasteiger partial charge in [-0.3, -0.25) is 0 Å². The Balaban J connectivity index is 1.55. The van der Waals surface area contributed by atoms with Gasteiger partial charge < -0.3 is 15.2 Å². The molecule has 4 heteroatoms. The zero-order valence-corrected chi connectivity index (χ0v) is 16.1. The topological polar surface area (TPSA) is 58.6 Å². The molecule has 0 bridgehead atoms. The normalized spacial score (nSPS) is 51.8. The first-order valence-electron chi connectivity index (χ1n) is 10.4. The number of rotatable bonds is 1. The summed E-state index contributed by atoms with van der Waals surface area (Å²) in [4.78, 5) is 11.8. The molecule has 0 spiro atoms. The van der Waals surface area contributed by atoms with Crippen LogP contribution in [-0.2, 0) is 4.74 Å². The predicted molar refractivity (Wildman–Crippen MR) is 97.1 cm³/mol. The maximum absolute atomic E-state index is 11.8. The van der Waals surface area contributed by atoms with E-state index in [1.54, 1.807) is 0 Å². The second kappa shape index (κ2) is 6.14. The Morgan fingerprint density at radius 3 is 2.48 bits per heavy atom. The van der Waals surface area contributed by atoms with Gasteiger partial charge in [0.1, 0.15) is 0 Å². The first-order valence-corrected chi connectivity index (χ1v) is 10.4. The van der Waals surface area contributed by atoms with Crippen molar-refractivity contribution in [1.29, 1.82) is 0 Å². The van der Waals surface area contributed by atoms with Crippen molar-refractivity contribution >= 4 is 6.09 Å². The third-order valence-electron chi connectivity index (χ3n) is 9.12. The van der Waals surface area contributed by atoms with Crippen LogP contribution in [0, 0.1) is 34.5 Å². The molecule has 2 N–H and O–H groups in total. The molecule has 4 nitrogen and oxygen atoms in total. The number of carbonyl (C=O) groups excluding carboxylic acids is 1. The van der Waals surface area contributed by atoms with Crippen molar-refractivity contribution in [3.8, 4) is 0 Å². The van der Waals surface area contributed by atoms with Crippen LogP contribution in [0.2, 0.25) is 0 Å². The lowest BCUT2D eigenvalue weighted by molar-refractivity contribution is -0.123. The monoisotopic (exact) mass is 349 g/mol. The van der Waals surface area contributed by atoms with Gasteiger partial charge in [-0.05, 0) is 92.3 Å². The molecule has 142 valence electrons. The van der Waals surface area contributed by atoms with E-state index in [1.165, 1.54) is 45.6 Å². The molecule has 0 unspecified atom stereocenters. The van der Waals surface area contributed by atoms with Crippen molar-refractivity contribution in [2.45, 2.75) is 83.8 Å². The van der Waals surface area contributed by atoms with Gasteiger partial charge in [-0.2, -0.15) is 0 Å². The highest BCUT2D eigenvalue weighted by atomic mass is 16.5. The summed E-state index contributed by atoms with van der Waals surface area (Å²) in [6.07, 6.45) is 10.3. The second-order valence-corrected chi connectivity index (χ2v) is 9.90. The van der Waals surface area contributed by atoms with E-state index >= 15 is 0 Å². The first-order chi connectivity index (χ1) is 11.9. The minimum atomic E-state index is -0.272. The quantitative estimate of drug-likeness (QED) is 0.749. The molecule has 0 aromatic carbocycles. The second-order valence-electron chi connectivity index (χ2n) is 9.90. The molecule has 1 amide bonds. The van der Waals surface area contributed by atoms with Gasteiger partial charge in [-0.1, -0.05) is 13.8 Å². The van der Waals surface area contributed by atoms with Crippen molar-refractivity contribution in [1.82, 2.24) is 5.32 Å². The van der Waals surface area contributed by atoms with E-state index in [-0.39, 0.29) is 23.7 Å². The van der Waals surface area contributed by atoms with Gasteiger partial charge in [0.15, 0.2) is 0 Å². The van der Waals surface area contributed by atoms with Gasteiger partial charge in [0.25, 0.3) is 0 Å². The molecular weight excluding hydrogens is 314 g/mol. The van der Waals surface area contributed by atoms with Crippen LogP contribution in [0.1, 0.15) is 71.6 Å². The van der Waals surface area contributed by atoms with Crippen molar-refractivity contribution in [2.75, 3.05) is 7.11 Å². The molecule has 4 saturated carbocycles. The maximum Gasteiger partial charge on any atom is 0.407 e. The summed E-state index contributed by atoms with van der Waals surface area (Å²) in [6, 6.07) is 0.268. The van der Waals surface area contributed by atoms with Gasteiger partial charge in [-0.25, -0.2) is 4.79 Å². The molecule has 4 fully saturated rings. The lowest BCUT2D eigenvalue weighted by atomic mass is 9.45. The fourth-order valence-corrected chi connectivity index (χ4v) is 7.67. The standard InChI is InChI=1S/C21H35NO3/c1-20-10-8-14(23)12-13(20)4-5-15-16-6-7-18(22-19(24)25-3)21(16,2)11-9-17(15)20/h13-18,23H,4-12H2,1-3H3,(H,22,24)/t13-,14-,15+,16+,17+,18+,20-,21-/m0/s1. The number of aliphatic hydroxyl groups excluding tert-OH is 1. The minimum Gasteiger partial charge on any atom is -0.453 e. The molecule has 0 saturated heterocycles. The van der Waals surface area contributed by atoms with Crippen LogP contribution in [0.5, 0.6) is 0 Å². The summed E-state index contributed by atoms with van der Waals surface area (Å²) < 4.78 is 4.87. The highest BCUT2D eigenvalue weighted by Gasteiger charge is 2.60. The number of alkyl carbamates (subject to hydrolysis) is 1. The van der Waals surface area contributed by atoms with E-state index in [0.717, 1.165) is 37.0 Å². The molecule has 8 atom stereocenters. The van der Waals surface area contributed by atoms with Crippen LogP contribution >= 0.6 is 0 Å². The summed E-state index contributed by atoms with van der Waals surface area (Å²) >= 11 is 0. The number of nitrogens with one attached hydrogen (secondary N) is 1. The van der Waals surface area contributed by atoms with E-state index in [1.807, 2.05) is 0 Å². The molecule has 4 rings (SSSR count). The highest BCUT2D eigenvalue weighted by Crippen LogP contribution is 2.66. The first kappa shape index (κ1) is 17.6. The number of aliphatic hydroxyl groups is 1. The fraction of sp³-hybridized carbons (Fsp3) is 0.952. The number of carbonyl (C=O) groups is 1. The summed E-state index contributed by atoms with van der Waals surface area (Å²) in [5.41, 5.74) is 0.657. The Morgan fingerprint density at radius 2 is 1.72 bits per heavy atom. The van der Waals surface area contributed by atoms with Crippen LogP contribution in [0.25, 0.3) is 0 Å². The molecule has 0 heterocycles. The number of fused-ring (bicyclic) bond motifs is 5. The zero-order chi connectivity index (χ0) is 17.8. The van der Waals surface area contributed by atoms with E-state index in [0.29, 0.717) is 11.3 Å². The summed E-state index contributed by atoms with van der Waals surface area (Å²) in [6.45, 7) is 4.95. The lowest BCUT2D eigenvalue weighted by Gasteiger charge is -2.60. The molecular formula is C21H35NO3. The Morgan fingerprint density at radius 1 is 1.00 bits per heavy atom. The Labute approximate surface area is 152 Å². The Bertz CT molecular complexity index is 537. The van der Waals surface area contributed by atoms with Crippen LogP contribution in [-0.4, -0.2) is 30.5 Å². The van der Waals surface area contributed by atoms with Crippen molar-refractivity contribution in [2.24, 2.45) is 34.5 Å². The number of methoxy groups -OCH3 is 1. The summed E-state index contributed by atoms with van der Waals surface area (Å²) in [5, 5.41) is 13.3. The smallest absolute Gasteiger partial charge is 0.407 e. The highest BCUT2D eigenvalue weighted by molar-refractivity contribution is 5.67. The third-order valence-corrected chi connectivity index (χ3v) is 9.12. The van der Waals surface area contributed by atoms with Crippen LogP contribution in [0.3, 0.4) is 0 Å². The van der Waals surface area contributed by atoms with Crippen LogP contribution in [0.4, 0.5) is 4.79 Å². The average molecular weight is 350 g/mol. The molecule has 0 aromatic rings. The molecule has 0 aromatic heterocycles. The summed E-state index contributed by atoms with van der Waals surface area (Å²) in [7, 11) is 1.46. The van der Waals surface area contributed by atoms with E-state index in [4.69, 9.17) is 4.74 Å². The molecule has 4 aliphatic carbocycles. The lowest BCUT2D eigenvalue weighted by Crippen LogP contribution is -2.56. The van der Waals surface area contributed by atoms with E-state index in [9.17, 15) is 9.90 Å². The number of hydrogen-bond donors (Lipinski definition) is 2.